The van der Waals surface area contributed by atoms with Gasteiger partial charge in [0.15, 0.2) is 0 Å². The molecule has 6 rings (SSSR count). The molecule has 228 valence electrons. The van der Waals surface area contributed by atoms with Crippen molar-refractivity contribution in [2.24, 2.45) is 0 Å². The maximum atomic E-state index is 11.4. The van der Waals surface area contributed by atoms with Crippen LogP contribution in [0.1, 0.15) is 50.0 Å². The van der Waals surface area contributed by atoms with Crippen LogP contribution in [0, 0.1) is 0 Å². The molecule has 0 amide bonds. The van der Waals surface area contributed by atoms with Gasteiger partial charge in [0.1, 0.15) is 0 Å². The molecular formula is C39H39AlO3Si3. The molecule has 0 fully saturated rings. The zero-order valence-electron chi connectivity index (χ0n) is 26.0. The van der Waals surface area contributed by atoms with Crippen LogP contribution in [-0.4, -0.2) is 46.7 Å². The molecule has 6 aromatic rings. The van der Waals surface area contributed by atoms with E-state index >= 15 is 0 Å². The molecule has 0 N–H and O–H groups in total. The minimum absolute atomic E-state index is 0. The predicted octanol–water partition coefficient (Wildman–Crippen LogP) is 3.28. The van der Waals surface area contributed by atoms with Gasteiger partial charge in [0.05, 0.1) is 0 Å². The molecule has 0 aliphatic heterocycles. The Morgan fingerprint density at radius 3 is 0.500 bits per heavy atom. The van der Waals surface area contributed by atoms with Gasteiger partial charge in [-0.1, -0.05) is 211 Å². The van der Waals surface area contributed by atoms with Crippen LogP contribution in [0.2, 0.25) is 0 Å². The Kier molecular flexibility index (Phi) is 17.0. The Morgan fingerprint density at radius 2 is 0.391 bits per heavy atom. The summed E-state index contributed by atoms with van der Waals surface area (Å²) in [6.07, 6.45) is 0. The van der Waals surface area contributed by atoms with Gasteiger partial charge in [0.2, 0.25) is 0 Å². The molecule has 3 nitrogen and oxygen atoms in total. The predicted molar refractivity (Wildman–Crippen MR) is 196 cm³/mol. The second-order valence-corrected chi connectivity index (χ2v) is 14.1. The molecule has 0 saturated carbocycles. The fourth-order valence-corrected chi connectivity index (χ4v) is 8.05. The SMILES string of the molecule is [Al+3].[O-][SiH2]C(c1ccccc1)c1ccccc1.[O-][SiH2]C(c1ccccc1)c1ccccc1.[O-][SiH2]C(c1ccccc1)c1ccccc1. The molecule has 0 atom stereocenters. The van der Waals surface area contributed by atoms with Crippen LogP contribution < -0.4 is 14.4 Å². The molecule has 46 heavy (non-hydrogen) atoms. The third kappa shape index (κ3) is 11.3. The van der Waals surface area contributed by atoms with Gasteiger partial charge in [-0.15, -0.1) is 0 Å². The summed E-state index contributed by atoms with van der Waals surface area (Å²) in [4.78, 5) is 34.1. The van der Waals surface area contributed by atoms with Crippen LogP contribution in [0.4, 0.5) is 0 Å². The van der Waals surface area contributed by atoms with Gasteiger partial charge in [-0.05, 0) is 50.0 Å². The van der Waals surface area contributed by atoms with E-state index in [1.54, 1.807) is 0 Å². The van der Waals surface area contributed by atoms with Crippen molar-refractivity contribution in [3.05, 3.63) is 215 Å². The summed E-state index contributed by atoms with van der Waals surface area (Å²) in [5.41, 5.74) is 7.30. The normalized spacial score (nSPS) is 11.1. The summed E-state index contributed by atoms with van der Waals surface area (Å²) in [7, 11) is -3.96. The van der Waals surface area contributed by atoms with Crippen LogP contribution in [0.15, 0.2) is 182 Å². The quantitative estimate of drug-likeness (QED) is 0.223. The fraction of sp³-hybridized carbons (Fsp3) is 0.0769. The maximum absolute atomic E-state index is 11.4. The van der Waals surface area contributed by atoms with Gasteiger partial charge in [0, 0.05) is 0 Å². The smallest absolute Gasteiger partial charge is 0.862 e. The summed E-state index contributed by atoms with van der Waals surface area (Å²) < 4.78 is 0. The third-order valence-corrected chi connectivity index (χ3v) is 11.5. The van der Waals surface area contributed by atoms with Gasteiger partial charge in [0.25, 0.3) is 0 Å². The molecule has 0 aromatic heterocycles. The second kappa shape index (κ2) is 21.2. The van der Waals surface area contributed by atoms with Crippen molar-refractivity contribution in [1.82, 2.24) is 0 Å². The first kappa shape index (κ1) is 36.8. The van der Waals surface area contributed by atoms with Gasteiger partial charge in [-0.3, -0.25) is 0 Å². The summed E-state index contributed by atoms with van der Waals surface area (Å²) in [5.74, 6) is 0. The number of hydrogen-bond acceptors (Lipinski definition) is 3. The van der Waals surface area contributed by atoms with E-state index < -0.39 is 29.3 Å². The maximum Gasteiger partial charge on any atom is 3.00 e. The van der Waals surface area contributed by atoms with Crippen molar-refractivity contribution in [3.8, 4) is 0 Å². The van der Waals surface area contributed by atoms with Crippen molar-refractivity contribution < 1.29 is 14.4 Å². The van der Waals surface area contributed by atoms with Crippen LogP contribution in [0.5, 0.6) is 0 Å². The van der Waals surface area contributed by atoms with Gasteiger partial charge >= 0.3 is 17.4 Å². The minimum Gasteiger partial charge on any atom is -0.862 e. The van der Waals surface area contributed by atoms with Crippen molar-refractivity contribution in [2.45, 2.75) is 16.6 Å². The molecule has 0 spiro atoms. The van der Waals surface area contributed by atoms with E-state index in [4.69, 9.17) is 0 Å². The molecule has 0 saturated heterocycles. The van der Waals surface area contributed by atoms with E-state index in [1.165, 1.54) is 0 Å². The Morgan fingerprint density at radius 1 is 0.261 bits per heavy atom. The minimum atomic E-state index is -1.32. The van der Waals surface area contributed by atoms with E-state index in [2.05, 4.69) is 0 Å². The number of rotatable bonds is 9. The molecule has 7 heteroatoms. The Labute approximate surface area is 291 Å². The van der Waals surface area contributed by atoms with Crippen molar-refractivity contribution in [3.63, 3.8) is 0 Å². The average molecular weight is 667 g/mol. The summed E-state index contributed by atoms with van der Waals surface area (Å²) in [6.45, 7) is 0. The molecular weight excluding hydrogens is 628 g/mol. The molecule has 0 aliphatic rings. The van der Waals surface area contributed by atoms with E-state index in [-0.39, 0.29) is 34.0 Å². The first-order valence-corrected chi connectivity index (χ1v) is 19.5. The third-order valence-electron chi connectivity index (χ3n) is 7.71. The summed E-state index contributed by atoms with van der Waals surface area (Å²) in [6, 6.07) is 60.4. The largest absolute Gasteiger partial charge is 3.00 e. The van der Waals surface area contributed by atoms with E-state index in [0.29, 0.717) is 0 Å². The molecule has 0 aliphatic carbocycles. The van der Waals surface area contributed by atoms with Crippen LogP contribution in [0.25, 0.3) is 0 Å². The van der Waals surface area contributed by atoms with Gasteiger partial charge in [-0.2, -0.15) is 0 Å². The van der Waals surface area contributed by atoms with E-state index in [1.807, 2.05) is 182 Å². The fourth-order valence-electron chi connectivity index (χ4n) is 5.27. The standard InChI is InChI=1S/3C13H13OSi.Al/c3*14-15-13(11-7-3-1-4-8-11)12-9-5-2-6-10-12;/h3*1-10,13H,15H2;/q3*-1;+3. The first-order valence-electron chi connectivity index (χ1n) is 15.3. The molecule has 0 heterocycles. The molecule has 0 radical (unpaired) electrons. The van der Waals surface area contributed by atoms with Crippen LogP contribution in [-0.2, 0) is 0 Å². The second-order valence-electron chi connectivity index (χ2n) is 10.6. The monoisotopic (exact) mass is 666 g/mol. The molecule has 6 aromatic carbocycles. The van der Waals surface area contributed by atoms with Crippen molar-refractivity contribution >= 4 is 46.7 Å². The van der Waals surface area contributed by atoms with E-state index in [9.17, 15) is 14.4 Å². The average Bonchev–Trinajstić information content (AvgIpc) is 3.13. The van der Waals surface area contributed by atoms with Gasteiger partial charge in [-0.25, -0.2) is 0 Å². The summed E-state index contributed by atoms with van der Waals surface area (Å²) in [5, 5.41) is 0. The Hall–Kier alpha value is -3.62. The van der Waals surface area contributed by atoms with Crippen LogP contribution >= 0.6 is 0 Å². The first-order chi connectivity index (χ1) is 22.2. The Bertz CT molecular complexity index is 1280. The topological polar surface area (TPSA) is 69.2 Å². The number of benzene rings is 6. The Balaban J connectivity index is 0.000000186. The van der Waals surface area contributed by atoms with Gasteiger partial charge < -0.3 is 14.4 Å². The zero-order valence-corrected chi connectivity index (χ0v) is 31.4. The van der Waals surface area contributed by atoms with Crippen molar-refractivity contribution in [2.75, 3.05) is 0 Å². The number of hydrogen-bond donors (Lipinski definition) is 0. The summed E-state index contributed by atoms with van der Waals surface area (Å²) >= 11 is 0. The molecule has 0 unspecified atom stereocenters. The molecule has 0 bridgehead atoms. The van der Waals surface area contributed by atoms with Crippen LogP contribution in [0.3, 0.4) is 0 Å². The zero-order chi connectivity index (χ0) is 31.5. The van der Waals surface area contributed by atoms with E-state index in [0.717, 1.165) is 33.4 Å². The van der Waals surface area contributed by atoms with Crippen molar-refractivity contribution in [1.29, 1.82) is 0 Å².